The Morgan fingerprint density at radius 1 is 1.61 bits per heavy atom. The van der Waals surface area contributed by atoms with Crippen LogP contribution in [0.15, 0.2) is 12.4 Å². The number of nitrogens with zero attached hydrogens (tertiary/aromatic N) is 4. The molecule has 1 heterocycles. The lowest BCUT2D eigenvalue weighted by atomic mass is 10.3. The largest absolute Gasteiger partial charge is 0.419 e. The van der Waals surface area contributed by atoms with Crippen LogP contribution in [-0.2, 0) is 17.5 Å². The second-order valence-corrected chi connectivity index (χ2v) is 3.65. The van der Waals surface area contributed by atoms with E-state index in [1.54, 1.807) is 0 Å². The molecule has 18 heavy (non-hydrogen) atoms. The highest BCUT2D eigenvalue weighted by Crippen LogP contribution is 2.28. The first kappa shape index (κ1) is 14.0. The predicted molar refractivity (Wildman–Crippen MR) is 55.1 cm³/mol. The number of amides is 1. The van der Waals surface area contributed by atoms with E-state index < -0.39 is 17.6 Å². The van der Waals surface area contributed by atoms with Crippen LogP contribution in [0.3, 0.4) is 0 Å². The van der Waals surface area contributed by atoms with E-state index in [0.717, 1.165) is 10.9 Å². The summed E-state index contributed by atoms with van der Waals surface area (Å²) >= 11 is 0. The van der Waals surface area contributed by atoms with Crippen molar-refractivity contribution < 1.29 is 18.0 Å². The van der Waals surface area contributed by atoms with E-state index in [2.05, 4.69) is 5.10 Å². The Kier molecular flexibility index (Phi) is 4.31. The number of alkyl halides is 3. The number of halogens is 3. The molecule has 0 unspecified atom stereocenters. The second-order valence-electron chi connectivity index (χ2n) is 3.65. The van der Waals surface area contributed by atoms with Crippen LogP contribution in [0.25, 0.3) is 0 Å². The maximum atomic E-state index is 12.3. The first-order valence-corrected chi connectivity index (χ1v) is 5.05. The molecule has 0 spiro atoms. The quantitative estimate of drug-likeness (QED) is 0.819. The zero-order valence-electron chi connectivity index (χ0n) is 9.61. The van der Waals surface area contributed by atoms with Gasteiger partial charge in [-0.25, -0.2) is 0 Å². The van der Waals surface area contributed by atoms with Crippen molar-refractivity contribution in [3.63, 3.8) is 0 Å². The van der Waals surface area contributed by atoms with E-state index in [4.69, 9.17) is 5.26 Å². The third kappa shape index (κ3) is 3.76. The van der Waals surface area contributed by atoms with E-state index in [0.29, 0.717) is 6.20 Å². The lowest BCUT2D eigenvalue weighted by molar-refractivity contribution is -0.138. The molecule has 0 aliphatic rings. The maximum Gasteiger partial charge on any atom is 0.419 e. The van der Waals surface area contributed by atoms with Crippen LogP contribution in [0.4, 0.5) is 13.2 Å². The number of likely N-dealkylation sites (N-methyl/N-ethyl adjacent to an activating group) is 1. The van der Waals surface area contributed by atoms with Gasteiger partial charge in [-0.3, -0.25) is 9.48 Å². The first-order chi connectivity index (χ1) is 8.34. The molecule has 1 aromatic rings. The molecule has 8 heteroatoms. The zero-order valence-corrected chi connectivity index (χ0v) is 9.61. The van der Waals surface area contributed by atoms with Gasteiger partial charge in [0.15, 0.2) is 0 Å². The highest BCUT2D eigenvalue weighted by molar-refractivity contribution is 5.75. The molecule has 0 saturated heterocycles. The molecule has 0 saturated carbocycles. The average molecular weight is 260 g/mol. The summed E-state index contributed by atoms with van der Waals surface area (Å²) < 4.78 is 37.8. The van der Waals surface area contributed by atoms with E-state index in [1.165, 1.54) is 11.9 Å². The van der Waals surface area contributed by atoms with Gasteiger partial charge in [-0.2, -0.15) is 23.5 Å². The fraction of sp³-hybridized carbons (Fsp3) is 0.500. The van der Waals surface area contributed by atoms with E-state index in [9.17, 15) is 18.0 Å². The van der Waals surface area contributed by atoms with Gasteiger partial charge in [-0.05, 0) is 0 Å². The zero-order chi connectivity index (χ0) is 13.8. The summed E-state index contributed by atoms with van der Waals surface area (Å²) in [5, 5.41) is 11.8. The molecular weight excluding hydrogens is 249 g/mol. The van der Waals surface area contributed by atoms with Crippen LogP contribution in [0.2, 0.25) is 0 Å². The molecule has 0 aliphatic carbocycles. The van der Waals surface area contributed by atoms with Gasteiger partial charge in [0.25, 0.3) is 0 Å². The molecule has 0 fully saturated rings. The van der Waals surface area contributed by atoms with Crippen molar-refractivity contribution in [2.24, 2.45) is 0 Å². The first-order valence-electron chi connectivity index (χ1n) is 5.05. The number of hydrogen-bond donors (Lipinski definition) is 0. The van der Waals surface area contributed by atoms with Crippen molar-refractivity contribution in [1.29, 1.82) is 5.26 Å². The van der Waals surface area contributed by atoms with Crippen molar-refractivity contribution in [2.45, 2.75) is 19.1 Å². The number of carbonyl (C=O) groups is 1. The molecule has 1 rings (SSSR count). The molecule has 98 valence electrons. The number of aromatic nitrogens is 2. The Labute approximate surface area is 101 Å². The molecule has 0 aromatic carbocycles. The summed E-state index contributed by atoms with van der Waals surface area (Å²) in [5.74, 6) is -0.401. The van der Waals surface area contributed by atoms with Gasteiger partial charge in [-0.15, -0.1) is 0 Å². The lowest BCUT2D eigenvalue weighted by Crippen LogP contribution is -2.31. The highest BCUT2D eigenvalue weighted by Gasteiger charge is 2.32. The smallest absolute Gasteiger partial charge is 0.343 e. The Bertz CT molecular complexity index is 460. The topological polar surface area (TPSA) is 61.9 Å². The minimum atomic E-state index is -4.46. The summed E-state index contributed by atoms with van der Waals surface area (Å²) in [6.45, 7) is -0.0409. The Hall–Kier alpha value is -2.04. The van der Waals surface area contributed by atoms with Crippen LogP contribution in [0, 0.1) is 11.3 Å². The van der Waals surface area contributed by atoms with Crippen LogP contribution in [0.5, 0.6) is 0 Å². The van der Waals surface area contributed by atoms with Crippen LogP contribution in [-0.4, -0.2) is 34.2 Å². The molecule has 0 bridgehead atoms. The average Bonchev–Trinajstić information content (AvgIpc) is 2.73. The lowest BCUT2D eigenvalue weighted by Gasteiger charge is -2.15. The Balaban J connectivity index is 2.60. The standard InChI is InChI=1S/C10H11F3N4O/c1-16(4-2-3-14)9(18)7-17-6-8(5-15-17)10(11,12)13/h5-6H,2,4,7H2,1H3. The molecule has 0 N–H and O–H groups in total. The fourth-order valence-electron chi connectivity index (χ4n) is 1.20. The van der Waals surface area contributed by atoms with Crippen LogP contribution < -0.4 is 0 Å². The number of carbonyl (C=O) groups excluding carboxylic acids is 1. The second kappa shape index (κ2) is 5.53. The summed E-state index contributed by atoms with van der Waals surface area (Å²) in [5.41, 5.74) is -0.894. The molecular formula is C10H11F3N4O. The van der Waals surface area contributed by atoms with Crippen LogP contribution in [0.1, 0.15) is 12.0 Å². The van der Waals surface area contributed by atoms with Crippen molar-refractivity contribution in [3.8, 4) is 6.07 Å². The van der Waals surface area contributed by atoms with E-state index in [-0.39, 0.29) is 19.5 Å². The van der Waals surface area contributed by atoms with Crippen LogP contribution >= 0.6 is 0 Å². The molecule has 1 amide bonds. The summed E-state index contributed by atoms with van der Waals surface area (Å²) in [6, 6.07) is 1.88. The van der Waals surface area contributed by atoms with Gasteiger partial charge in [0, 0.05) is 19.8 Å². The van der Waals surface area contributed by atoms with Gasteiger partial charge in [0.2, 0.25) is 5.91 Å². The van der Waals surface area contributed by atoms with Crippen molar-refractivity contribution in [2.75, 3.05) is 13.6 Å². The SMILES string of the molecule is CN(CCC#N)C(=O)Cn1cc(C(F)(F)F)cn1. The maximum absolute atomic E-state index is 12.3. The minimum Gasteiger partial charge on any atom is -0.343 e. The molecule has 0 radical (unpaired) electrons. The van der Waals surface area contributed by atoms with Gasteiger partial charge < -0.3 is 4.90 Å². The van der Waals surface area contributed by atoms with Gasteiger partial charge in [0.05, 0.1) is 24.3 Å². The minimum absolute atomic E-state index is 0.176. The molecule has 5 nitrogen and oxygen atoms in total. The number of nitriles is 1. The Morgan fingerprint density at radius 2 is 2.28 bits per heavy atom. The van der Waals surface area contributed by atoms with E-state index >= 15 is 0 Å². The fourth-order valence-corrected chi connectivity index (χ4v) is 1.20. The third-order valence-electron chi connectivity index (χ3n) is 2.24. The Morgan fingerprint density at radius 3 is 2.78 bits per heavy atom. The summed E-state index contributed by atoms with van der Waals surface area (Å²) in [7, 11) is 1.48. The summed E-state index contributed by atoms with van der Waals surface area (Å²) in [4.78, 5) is 12.8. The van der Waals surface area contributed by atoms with E-state index in [1.807, 2.05) is 6.07 Å². The normalized spacial score (nSPS) is 11.1. The van der Waals surface area contributed by atoms with Gasteiger partial charge >= 0.3 is 6.18 Å². The molecule has 1 aromatic heterocycles. The van der Waals surface area contributed by atoms with Crippen molar-refractivity contribution in [3.05, 3.63) is 18.0 Å². The molecule has 0 aliphatic heterocycles. The van der Waals surface area contributed by atoms with Gasteiger partial charge in [0.1, 0.15) is 6.54 Å². The number of hydrogen-bond acceptors (Lipinski definition) is 3. The monoisotopic (exact) mass is 260 g/mol. The number of rotatable bonds is 4. The van der Waals surface area contributed by atoms with Crippen molar-refractivity contribution in [1.82, 2.24) is 14.7 Å². The van der Waals surface area contributed by atoms with Gasteiger partial charge in [-0.1, -0.05) is 0 Å². The van der Waals surface area contributed by atoms with Crippen molar-refractivity contribution >= 4 is 5.91 Å². The molecule has 0 atom stereocenters. The predicted octanol–water partition coefficient (Wildman–Crippen LogP) is 1.27. The third-order valence-corrected chi connectivity index (χ3v) is 2.24. The summed E-state index contributed by atoms with van der Waals surface area (Å²) in [6.07, 6.45) is -2.85. The highest BCUT2D eigenvalue weighted by atomic mass is 19.4.